The number of fused-ring (bicyclic) bond motifs is 1. The Hall–Kier alpha value is -2.35. The van der Waals surface area contributed by atoms with Crippen molar-refractivity contribution in [2.24, 2.45) is 0 Å². The van der Waals surface area contributed by atoms with Crippen molar-refractivity contribution in [3.05, 3.63) is 33.5 Å². The summed E-state index contributed by atoms with van der Waals surface area (Å²) in [6.45, 7) is 5.55. The molecule has 1 amide bonds. The van der Waals surface area contributed by atoms with E-state index in [1.807, 2.05) is 26.8 Å². The second kappa shape index (κ2) is 4.64. The maximum atomic E-state index is 12.2. The van der Waals surface area contributed by atoms with Crippen molar-refractivity contribution in [1.29, 1.82) is 0 Å². The van der Waals surface area contributed by atoms with E-state index in [4.69, 9.17) is 0 Å². The zero-order valence-corrected chi connectivity index (χ0v) is 12.0. The number of hydrogen-bond donors (Lipinski definition) is 1. The van der Waals surface area contributed by atoms with E-state index in [9.17, 15) is 4.79 Å². The van der Waals surface area contributed by atoms with Gasteiger partial charge in [0.1, 0.15) is 4.88 Å². The van der Waals surface area contributed by atoms with Crippen LogP contribution in [0, 0.1) is 20.8 Å². The first-order valence-electron chi connectivity index (χ1n) is 5.98. The summed E-state index contributed by atoms with van der Waals surface area (Å²) in [6.07, 6.45) is 1.78. The molecule has 0 aliphatic heterocycles. The number of amides is 1. The maximum absolute atomic E-state index is 12.2. The molecular weight excluding hydrogens is 276 g/mol. The molecule has 0 saturated heterocycles. The van der Waals surface area contributed by atoms with Crippen LogP contribution in [0.2, 0.25) is 0 Å². The molecule has 0 atom stereocenters. The highest BCUT2D eigenvalue weighted by atomic mass is 32.1. The second-order valence-electron chi connectivity index (χ2n) is 4.36. The minimum atomic E-state index is -0.233. The summed E-state index contributed by atoms with van der Waals surface area (Å²) in [7, 11) is 0. The lowest BCUT2D eigenvalue weighted by Gasteiger charge is -2.01. The smallest absolute Gasteiger partial charge is 0.270 e. The van der Waals surface area contributed by atoms with Gasteiger partial charge in [0.05, 0.1) is 10.7 Å². The number of nitrogens with zero attached hydrogens (tertiary/aromatic N) is 5. The van der Waals surface area contributed by atoms with Crippen molar-refractivity contribution in [3.8, 4) is 0 Å². The van der Waals surface area contributed by atoms with Gasteiger partial charge in [-0.2, -0.15) is 0 Å². The fraction of sp³-hybridized carbons (Fsp3) is 0.250. The Bertz CT molecular complexity index is 805. The summed E-state index contributed by atoms with van der Waals surface area (Å²) in [4.78, 5) is 21.3. The van der Waals surface area contributed by atoms with Gasteiger partial charge >= 0.3 is 0 Å². The normalized spacial score (nSPS) is 10.9. The lowest BCUT2D eigenvalue weighted by atomic mass is 10.4. The molecule has 1 N–H and O–H groups in total. The van der Waals surface area contributed by atoms with E-state index in [2.05, 4.69) is 25.5 Å². The van der Waals surface area contributed by atoms with E-state index >= 15 is 0 Å². The second-order valence-corrected chi connectivity index (χ2v) is 5.57. The number of rotatable bonds is 2. The highest BCUT2D eigenvalue weighted by Gasteiger charge is 2.16. The van der Waals surface area contributed by atoms with E-state index in [1.54, 1.807) is 10.6 Å². The van der Waals surface area contributed by atoms with Gasteiger partial charge in [-0.25, -0.2) is 9.97 Å². The maximum Gasteiger partial charge on any atom is 0.270 e. The van der Waals surface area contributed by atoms with Crippen LogP contribution >= 0.6 is 11.3 Å². The Morgan fingerprint density at radius 3 is 2.75 bits per heavy atom. The molecule has 0 fully saturated rings. The molecule has 0 radical (unpaired) electrons. The van der Waals surface area contributed by atoms with E-state index in [1.165, 1.54) is 11.3 Å². The first-order valence-corrected chi connectivity index (χ1v) is 6.80. The molecule has 3 heterocycles. The number of carbonyl (C=O) groups excluding carboxylic acids is 1. The molecule has 3 aromatic rings. The quantitative estimate of drug-likeness (QED) is 0.776. The van der Waals surface area contributed by atoms with Gasteiger partial charge in [-0.15, -0.1) is 21.5 Å². The number of aryl methyl sites for hydroxylation is 3. The van der Waals surface area contributed by atoms with Crippen LogP contribution in [0.25, 0.3) is 5.78 Å². The van der Waals surface area contributed by atoms with Gasteiger partial charge < -0.3 is 0 Å². The first kappa shape index (κ1) is 12.7. The molecule has 0 bridgehead atoms. The monoisotopic (exact) mass is 288 g/mol. The number of anilines is 1. The van der Waals surface area contributed by atoms with Gasteiger partial charge in [0.2, 0.25) is 5.95 Å². The molecular formula is C12H12N6OS. The Kier molecular flexibility index (Phi) is 2.94. The number of aromatic nitrogens is 5. The van der Waals surface area contributed by atoms with Crippen LogP contribution in [0.4, 0.5) is 5.95 Å². The van der Waals surface area contributed by atoms with Gasteiger partial charge in [0.15, 0.2) is 0 Å². The van der Waals surface area contributed by atoms with Crippen molar-refractivity contribution in [3.63, 3.8) is 0 Å². The summed E-state index contributed by atoms with van der Waals surface area (Å²) in [5.74, 6) is 0.573. The summed E-state index contributed by atoms with van der Waals surface area (Å²) >= 11 is 1.36. The van der Waals surface area contributed by atoms with Gasteiger partial charge in [0.25, 0.3) is 11.7 Å². The number of thiazole rings is 1. The summed E-state index contributed by atoms with van der Waals surface area (Å²) in [5.41, 5.74) is 1.56. The predicted octanol–water partition coefficient (Wildman–Crippen LogP) is 1.76. The third-order valence-electron chi connectivity index (χ3n) is 2.75. The SMILES string of the molecule is Cc1ccn2c(NC(=O)c3sc(C)nc3C)nnc2n1. The summed E-state index contributed by atoms with van der Waals surface area (Å²) < 4.78 is 1.63. The van der Waals surface area contributed by atoms with Crippen LogP contribution in [0.3, 0.4) is 0 Å². The van der Waals surface area contributed by atoms with Crippen LogP contribution in [-0.4, -0.2) is 30.5 Å². The number of hydrogen-bond acceptors (Lipinski definition) is 6. The predicted molar refractivity (Wildman–Crippen MR) is 75.1 cm³/mol. The molecule has 0 aliphatic carbocycles. The number of nitrogens with one attached hydrogen (secondary N) is 1. The minimum Gasteiger partial charge on any atom is -0.289 e. The van der Waals surface area contributed by atoms with Gasteiger partial charge in [-0.05, 0) is 26.8 Å². The third-order valence-corrected chi connectivity index (χ3v) is 3.83. The highest BCUT2D eigenvalue weighted by molar-refractivity contribution is 7.13. The van der Waals surface area contributed by atoms with Crippen LogP contribution in [0.5, 0.6) is 0 Å². The van der Waals surface area contributed by atoms with Gasteiger partial charge in [0, 0.05) is 11.9 Å². The highest BCUT2D eigenvalue weighted by Crippen LogP contribution is 2.18. The van der Waals surface area contributed by atoms with Crippen LogP contribution in [-0.2, 0) is 0 Å². The molecule has 102 valence electrons. The molecule has 0 aliphatic rings. The van der Waals surface area contributed by atoms with Crippen LogP contribution in [0.15, 0.2) is 12.3 Å². The van der Waals surface area contributed by atoms with Crippen LogP contribution in [0.1, 0.15) is 26.1 Å². The van der Waals surface area contributed by atoms with E-state index in [0.717, 1.165) is 10.7 Å². The Labute approximate surface area is 118 Å². The lowest BCUT2D eigenvalue weighted by molar-refractivity contribution is 0.102. The molecule has 7 nitrogen and oxygen atoms in total. The van der Waals surface area contributed by atoms with Crippen molar-refractivity contribution in [1.82, 2.24) is 24.6 Å². The molecule has 3 aromatic heterocycles. The molecule has 0 spiro atoms. The van der Waals surface area contributed by atoms with E-state index in [-0.39, 0.29) is 5.91 Å². The lowest BCUT2D eigenvalue weighted by Crippen LogP contribution is -2.14. The third kappa shape index (κ3) is 2.14. The fourth-order valence-corrected chi connectivity index (χ4v) is 2.67. The first-order chi connectivity index (χ1) is 9.54. The minimum absolute atomic E-state index is 0.233. The van der Waals surface area contributed by atoms with Gasteiger partial charge in [-0.3, -0.25) is 14.5 Å². The molecule has 0 aromatic carbocycles. The Morgan fingerprint density at radius 1 is 1.25 bits per heavy atom. The topological polar surface area (TPSA) is 85.1 Å². The summed E-state index contributed by atoms with van der Waals surface area (Å²) in [6, 6.07) is 1.83. The average molecular weight is 288 g/mol. The number of carbonyl (C=O) groups is 1. The standard InChI is InChI=1S/C12H12N6OS/c1-6-4-5-18-11(13-6)16-17-12(18)15-10(19)9-7(2)14-8(3)20-9/h4-5H,1-3H3,(H,15,17,19). The van der Waals surface area contributed by atoms with Crippen molar-refractivity contribution >= 4 is 29.0 Å². The van der Waals surface area contributed by atoms with E-state index in [0.29, 0.717) is 22.3 Å². The molecule has 8 heteroatoms. The van der Waals surface area contributed by atoms with Crippen molar-refractivity contribution in [2.45, 2.75) is 20.8 Å². The molecule has 0 unspecified atom stereocenters. The van der Waals surface area contributed by atoms with Crippen molar-refractivity contribution in [2.75, 3.05) is 5.32 Å². The summed E-state index contributed by atoms with van der Waals surface area (Å²) in [5, 5.41) is 11.5. The van der Waals surface area contributed by atoms with Gasteiger partial charge in [-0.1, -0.05) is 0 Å². The Morgan fingerprint density at radius 2 is 2.05 bits per heavy atom. The average Bonchev–Trinajstić information content (AvgIpc) is 2.93. The largest absolute Gasteiger partial charge is 0.289 e. The molecule has 20 heavy (non-hydrogen) atoms. The zero-order valence-electron chi connectivity index (χ0n) is 11.2. The zero-order chi connectivity index (χ0) is 14.3. The van der Waals surface area contributed by atoms with E-state index < -0.39 is 0 Å². The van der Waals surface area contributed by atoms with Crippen LogP contribution < -0.4 is 5.32 Å². The fourth-order valence-electron chi connectivity index (χ4n) is 1.86. The molecule has 0 saturated carbocycles. The Balaban J connectivity index is 1.93. The van der Waals surface area contributed by atoms with Crippen molar-refractivity contribution < 1.29 is 4.79 Å². The molecule has 3 rings (SSSR count).